The van der Waals surface area contributed by atoms with Gasteiger partial charge in [0, 0.05) is 37.5 Å². The summed E-state index contributed by atoms with van der Waals surface area (Å²) in [6.07, 6.45) is 3.95. The number of methoxy groups -OCH3 is 1. The first-order chi connectivity index (χ1) is 21.0. The number of aldehydes is 1. The van der Waals surface area contributed by atoms with Crippen LogP contribution in [0.3, 0.4) is 0 Å². The van der Waals surface area contributed by atoms with Gasteiger partial charge >= 0.3 is 0 Å². The van der Waals surface area contributed by atoms with Crippen molar-refractivity contribution in [1.82, 2.24) is 0 Å². The summed E-state index contributed by atoms with van der Waals surface area (Å²) in [5.41, 5.74) is 2.58. The van der Waals surface area contributed by atoms with E-state index in [1.807, 2.05) is 36.4 Å². The van der Waals surface area contributed by atoms with E-state index in [2.05, 4.69) is 20.8 Å². The van der Waals surface area contributed by atoms with Gasteiger partial charge in [0.05, 0.1) is 0 Å². The highest BCUT2D eigenvalue weighted by Gasteiger charge is 2.58. The van der Waals surface area contributed by atoms with Gasteiger partial charge in [0.2, 0.25) is 5.79 Å². The van der Waals surface area contributed by atoms with E-state index >= 15 is 0 Å². The van der Waals surface area contributed by atoms with Gasteiger partial charge in [0.25, 0.3) is 0 Å². The van der Waals surface area contributed by atoms with Gasteiger partial charge in [-0.15, -0.1) is 0 Å². The van der Waals surface area contributed by atoms with Crippen molar-refractivity contribution in [3.63, 3.8) is 0 Å². The zero-order valence-corrected chi connectivity index (χ0v) is 26.7. The average molecular weight is 619 g/mol. The highest BCUT2D eigenvalue weighted by Crippen LogP contribution is 2.44. The van der Waals surface area contributed by atoms with Crippen LogP contribution in [0.2, 0.25) is 5.02 Å². The second-order valence-corrected chi connectivity index (χ2v) is 11.5. The lowest BCUT2D eigenvalue weighted by molar-refractivity contribution is -0.370. The van der Waals surface area contributed by atoms with Crippen LogP contribution < -0.4 is 9.47 Å². The first-order valence-corrected chi connectivity index (χ1v) is 16.1. The minimum atomic E-state index is -1.44. The summed E-state index contributed by atoms with van der Waals surface area (Å²) in [6.45, 7) is 8.86. The van der Waals surface area contributed by atoms with Crippen molar-refractivity contribution in [2.75, 3.05) is 40.1 Å². The van der Waals surface area contributed by atoms with E-state index in [0.717, 1.165) is 67.4 Å². The second kappa shape index (κ2) is 16.8. The number of hydrogen-bond donors (Lipinski definition) is 0. The van der Waals surface area contributed by atoms with E-state index in [9.17, 15) is 4.79 Å². The summed E-state index contributed by atoms with van der Waals surface area (Å²) in [5.74, 6) is 0.0208. The number of carbonyl (C=O) groups excluding carboxylic acids is 1. The molecule has 2 aromatic rings. The Balaban J connectivity index is 1.73. The van der Waals surface area contributed by atoms with E-state index in [0.29, 0.717) is 50.0 Å². The minimum Gasteiger partial charge on any atom is -0.486 e. The smallest absolute Gasteiger partial charge is 0.225 e. The Morgan fingerprint density at radius 3 is 2.16 bits per heavy atom. The van der Waals surface area contributed by atoms with E-state index in [1.165, 1.54) is 0 Å². The lowest BCUT2D eigenvalue weighted by Crippen LogP contribution is -2.66. The molecule has 2 aliphatic rings. The van der Waals surface area contributed by atoms with Gasteiger partial charge in [-0.25, -0.2) is 0 Å². The topological polar surface area (TPSA) is 81.7 Å². The molecule has 0 aromatic heterocycles. The maximum Gasteiger partial charge on any atom is 0.225 e. The Morgan fingerprint density at radius 2 is 1.51 bits per heavy atom. The van der Waals surface area contributed by atoms with Gasteiger partial charge in [-0.05, 0) is 61.1 Å². The fourth-order valence-corrected chi connectivity index (χ4v) is 5.72. The molecule has 1 fully saturated rings. The van der Waals surface area contributed by atoms with Gasteiger partial charge in [-0.3, -0.25) is 0 Å². The molecule has 2 aliphatic heterocycles. The molecule has 2 aromatic carbocycles. The van der Waals surface area contributed by atoms with Crippen LogP contribution in [0.1, 0.15) is 76.0 Å². The molecule has 0 amide bonds. The van der Waals surface area contributed by atoms with Gasteiger partial charge < -0.3 is 38.0 Å². The summed E-state index contributed by atoms with van der Waals surface area (Å²) >= 11 is 6.75. The van der Waals surface area contributed by atoms with Crippen LogP contribution in [0, 0.1) is 0 Å². The van der Waals surface area contributed by atoms with Crippen molar-refractivity contribution in [3.8, 4) is 11.5 Å². The van der Waals surface area contributed by atoms with Crippen LogP contribution in [0.5, 0.6) is 11.5 Å². The predicted octanol–water partition coefficient (Wildman–Crippen LogP) is 6.65. The average Bonchev–Trinajstić information content (AvgIpc) is 3.03. The number of hydrogen-bond acceptors (Lipinski definition) is 8. The Kier molecular flexibility index (Phi) is 13.1. The minimum absolute atomic E-state index is 0.481. The number of carbonyl (C=O) groups is 1. The van der Waals surface area contributed by atoms with Gasteiger partial charge in [0.15, 0.2) is 17.8 Å². The Labute approximate surface area is 261 Å². The molecule has 238 valence electrons. The highest BCUT2D eigenvalue weighted by atomic mass is 35.5. The molecule has 0 bridgehead atoms. The van der Waals surface area contributed by atoms with Crippen LogP contribution in [0.15, 0.2) is 36.4 Å². The van der Waals surface area contributed by atoms with Crippen LogP contribution in [0.25, 0.3) is 0 Å². The SMILES string of the molecule is CCCCO[C@H]1[C@H](OCCCC)[C@@H](C=O)OC(OC)(c2ccc(Cl)c(Cc3ccc4c(c3)OCCO4)c2)[C@@H]1OCCCC. The Bertz CT molecular complexity index is 1160. The van der Waals surface area contributed by atoms with Crippen molar-refractivity contribution in [2.24, 2.45) is 0 Å². The molecule has 1 unspecified atom stereocenters. The van der Waals surface area contributed by atoms with Gasteiger partial charge in [-0.1, -0.05) is 63.8 Å². The quantitative estimate of drug-likeness (QED) is 0.144. The number of ether oxygens (including phenoxy) is 7. The number of unbranched alkanes of at least 4 members (excludes halogenated alkanes) is 3. The molecule has 43 heavy (non-hydrogen) atoms. The van der Waals surface area contributed by atoms with Crippen LogP contribution in [0.4, 0.5) is 0 Å². The summed E-state index contributed by atoms with van der Waals surface area (Å²) < 4.78 is 43.7. The second-order valence-electron chi connectivity index (χ2n) is 11.1. The number of fused-ring (bicyclic) bond motifs is 1. The number of halogens is 1. The molecule has 9 heteroatoms. The molecule has 1 saturated heterocycles. The van der Waals surface area contributed by atoms with E-state index < -0.39 is 30.2 Å². The predicted molar refractivity (Wildman–Crippen MR) is 165 cm³/mol. The lowest BCUT2D eigenvalue weighted by Gasteiger charge is -2.51. The molecule has 2 heterocycles. The molecule has 8 nitrogen and oxygen atoms in total. The standard InChI is InChI=1S/C34H47ClO8/c1-5-8-15-40-31-30(23-36)43-34(37-4,33(42-17-10-7-3)32(31)41-16-9-6-2)26-12-13-27(35)25(22-26)20-24-11-14-28-29(21-24)39-19-18-38-28/h11-14,21-23,30-33H,5-10,15-20H2,1-4H3/t30-,31-,32+,33-,34?/m1/s1. The largest absolute Gasteiger partial charge is 0.486 e. The summed E-state index contributed by atoms with van der Waals surface area (Å²) in [6, 6.07) is 11.6. The normalized spacial score (nSPS) is 25.0. The monoisotopic (exact) mass is 618 g/mol. The maximum atomic E-state index is 12.6. The maximum absolute atomic E-state index is 12.6. The lowest BCUT2D eigenvalue weighted by atomic mass is 9.86. The van der Waals surface area contributed by atoms with Crippen molar-refractivity contribution in [3.05, 3.63) is 58.1 Å². The van der Waals surface area contributed by atoms with Gasteiger partial charge in [0.1, 0.15) is 37.6 Å². The molecule has 0 N–H and O–H groups in total. The van der Waals surface area contributed by atoms with Crippen LogP contribution in [-0.4, -0.2) is 70.8 Å². The van der Waals surface area contributed by atoms with Crippen LogP contribution in [-0.2, 0) is 40.7 Å². The summed E-state index contributed by atoms with van der Waals surface area (Å²) in [5, 5.41) is 0.604. The molecule has 0 saturated carbocycles. The molecule has 0 spiro atoms. The zero-order chi connectivity index (χ0) is 30.7. The molecular formula is C34H47ClO8. The van der Waals surface area contributed by atoms with E-state index in [-0.39, 0.29) is 0 Å². The van der Waals surface area contributed by atoms with Crippen molar-refractivity contribution in [2.45, 2.75) is 95.9 Å². The number of rotatable bonds is 17. The summed E-state index contributed by atoms with van der Waals surface area (Å²) in [7, 11) is 1.58. The molecule has 5 atom stereocenters. The Hall–Kier alpha value is -2.20. The first kappa shape index (κ1) is 33.7. The fourth-order valence-electron chi connectivity index (χ4n) is 5.53. The molecule has 0 radical (unpaired) electrons. The Morgan fingerprint density at radius 1 is 0.860 bits per heavy atom. The molecule has 4 rings (SSSR count). The van der Waals surface area contributed by atoms with Crippen molar-refractivity contribution in [1.29, 1.82) is 0 Å². The van der Waals surface area contributed by atoms with Crippen molar-refractivity contribution >= 4 is 17.9 Å². The van der Waals surface area contributed by atoms with Gasteiger partial charge in [-0.2, -0.15) is 0 Å². The highest BCUT2D eigenvalue weighted by molar-refractivity contribution is 6.31. The summed E-state index contributed by atoms with van der Waals surface area (Å²) in [4.78, 5) is 12.6. The van der Waals surface area contributed by atoms with E-state index in [1.54, 1.807) is 7.11 Å². The third-order valence-corrected chi connectivity index (χ3v) is 8.30. The number of benzene rings is 2. The van der Waals surface area contributed by atoms with Crippen LogP contribution >= 0.6 is 11.6 Å². The molecular weight excluding hydrogens is 572 g/mol. The third-order valence-electron chi connectivity index (χ3n) is 7.93. The van der Waals surface area contributed by atoms with E-state index in [4.69, 9.17) is 44.8 Å². The third kappa shape index (κ3) is 8.10. The molecule has 0 aliphatic carbocycles. The zero-order valence-electron chi connectivity index (χ0n) is 26.0. The fraction of sp³-hybridized carbons (Fsp3) is 0.618. The van der Waals surface area contributed by atoms with Crippen molar-refractivity contribution < 1.29 is 38.0 Å². The first-order valence-electron chi connectivity index (χ1n) is 15.7.